The lowest BCUT2D eigenvalue weighted by atomic mass is 9.95. The zero-order valence-electron chi connectivity index (χ0n) is 16.8. The minimum atomic E-state index is -0.0608. The van der Waals surface area contributed by atoms with Crippen LogP contribution in [0.25, 0.3) is 0 Å². The number of amides is 1. The number of likely N-dealkylation sites (tertiary alicyclic amines) is 1. The molecule has 5 heteroatoms. The van der Waals surface area contributed by atoms with Gasteiger partial charge in [0.25, 0.3) is 5.91 Å². The molecule has 28 heavy (non-hydrogen) atoms. The molecule has 1 saturated heterocycles. The Morgan fingerprint density at radius 2 is 1.86 bits per heavy atom. The molecule has 2 atom stereocenters. The van der Waals surface area contributed by atoms with Crippen LogP contribution < -0.4 is 15.2 Å². The van der Waals surface area contributed by atoms with Crippen molar-refractivity contribution in [2.24, 2.45) is 5.73 Å². The summed E-state index contributed by atoms with van der Waals surface area (Å²) in [7, 11) is 0. The lowest BCUT2D eigenvalue weighted by molar-refractivity contribution is 0.0788. The van der Waals surface area contributed by atoms with Crippen molar-refractivity contribution in [3.63, 3.8) is 0 Å². The first-order valence-corrected chi connectivity index (χ1v) is 10.1. The van der Waals surface area contributed by atoms with Gasteiger partial charge in [-0.15, -0.1) is 0 Å². The van der Waals surface area contributed by atoms with E-state index in [-0.39, 0.29) is 17.9 Å². The minimum Gasteiger partial charge on any atom is -0.490 e. The summed E-state index contributed by atoms with van der Waals surface area (Å²) < 4.78 is 11.5. The number of unbranched alkanes of at least 4 members (excludes halogenated alkanes) is 1. The molecule has 0 aromatic heterocycles. The van der Waals surface area contributed by atoms with Crippen LogP contribution in [0.1, 0.15) is 48.5 Å². The molecule has 2 unspecified atom stereocenters. The van der Waals surface area contributed by atoms with E-state index in [0.29, 0.717) is 43.4 Å². The zero-order chi connectivity index (χ0) is 19.9. The van der Waals surface area contributed by atoms with E-state index in [1.54, 1.807) is 6.07 Å². The van der Waals surface area contributed by atoms with Gasteiger partial charge in [0.05, 0.1) is 13.2 Å². The first kappa shape index (κ1) is 20.2. The first-order valence-electron chi connectivity index (χ1n) is 10.1. The van der Waals surface area contributed by atoms with Crippen LogP contribution >= 0.6 is 0 Å². The molecule has 0 bridgehead atoms. The van der Waals surface area contributed by atoms with E-state index in [1.807, 2.05) is 42.2 Å². The quantitative estimate of drug-likeness (QED) is 0.705. The maximum absolute atomic E-state index is 13.1. The lowest BCUT2D eigenvalue weighted by Crippen LogP contribution is -2.32. The molecule has 2 N–H and O–H groups in total. The van der Waals surface area contributed by atoms with Crippen molar-refractivity contribution in [3.05, 3.63) is 59.7 Å². The van der Waals surface area contributed by atoms with Crippen LogP contribution in [0.4, 0.5) is 0 Å². The first-order chi connectivity index (χ1) is 13.6. The number of nitrogens with zero attached hydrogens (tertiary/aromatic N) is 1. The summed E-state index contributed by atoms with van der Waals surface area (Å²) in [6.07, 6.45) is 2.05. The lowest BCUT2D eigenvalue weighted by Gasteiger charge is -2.18. The molecular formula is C23H30N2O3. The van der Waals surface area contributed by atoms with Gasteiger partial charge in [0.1, 0.15) is 0 Å². The summed E-state index contributed by atoms with van der Waals surface area (Å²) in [5.74, 6) is 1.45. The van der Waals surface area contributed by atoms with Gasteiger partial charge in [0.2, 0.25) is 0 Å². The average Bonchev–Trinajstić information content (AvgIpc) is 3.11. The number of rotatable bonds is 8. The highest BCUT2D eigenvalue weighted by molar-refractivity contribution is 5.95. The largest absolute Gasteiger partial charge is 0.490 e. The highest BCUT2D eigenvalue weighted by Crippen LogP contribution is 2.31. The topological polar surface area (TPSA) is 64.8 Å². The normalized spacial score (nSPS) is 18.9. The maximum atomic E-state index is 13.1. The van der Waals surface area contributed by atoms with Gasteiger partial charge >= 0.3 is 0 Å². The Labute approximate surface area is 167 Å². The third-order valence-electron chi connectivity index (χ3n) is 5.13. The number of nitrogens with two attached hydrogens (primary N) is 1. The van der Waals surface area contributed by atoms with Crippen molar-refractivity contribution in [2.75, 3.05) is 26.3 Å². The molecule has 1 fully saturated rings. The SMILES string of the molecule is CCCCOc1ccc(C(=O)N2CC(N)C(c3ccccc3)C2)cc1OCC. The smallest absolute Gasteiger partial charge is 0.254 e. The summed E-state index contributed by atoms with van der Waals surface area (Å²) in [5.41, 5.74) is 8.13. The molecule has 1 amide bonds. The Hall–Kier alpha value is -2.53. The summed E-state index contributed by atoms with van der Waals surface area (Å²) in [5, 5.41) is 0. The molecule has 1 heterocycles. The van der Waals surface area contributed by atoms with Crippen LogP contribution in [0, 0.1) is 0 Å². The molecule has 5 nitrogen and oxygen atoms in total. The fourth-order valence-corrected chi connectivity index (χ4v) is 3.59. The van der Waals surface area contributed by atoms with Crippen LogP contribution in [0.3, 0.4) is 0 Å². The molecule has 0 aliphatic carbocycles. The van der Waals surface area contributed by atoms with Crippen LogP contribution in [0.2, 0.25) is 0 Å². The van der Waals surface area contributed by atoms with Gasteiger partial charge in [-0.05, 0) is 37.1 Å². The summed E-state index contributed by atoms with van der Waals surface area (Å²) in [6.45, 7) is 6.39. The molecule has 150 valence electrons. The fourth-order valence-electron chi connectivity index (χ4n) is 3.59. The number of hydrogen-bond donors (Lipinski definition) is 1. The predicted octanol–water partition coefficient (Wildman–Crippen LogP) is 3.83. The highest BCUT2D eigenvalue weighted by atomic mass is 16.5. The van der Waals surface area contributed by atoms with E-state index in [4.69, 9.17) is 15.2 Å². The zero-order valence-corrected chi connectivity index (χ0v) is 16.8. The molecule has 0 spiro atoms. The number of carbonyl (C=O) groups excluding carboxylic acids is 1. The van der Waals surface area contributed by atoms with Gasteiger partial charge in [-0.3, -0.25) is 4.79 Å². The van der Waals surface area contributed by atoms with Gasteiger partial charge in [-0.2, -0.15) is 0 Å². The van der Waals surface area contributed by atoms with Crippen molar-refractivity contribution in [1.82, 2.24) is 4.90 Å². The van der Waals surface area contributed by atoms with Crippen LogP contribution in [0.5, 0.6) is 11.5 Å². The van der Waals surface area contributed by atoms with E-state index < -0.39 is 0 Å². The third-order valence-corrected chi connectivity index (χ3v) is 5.13. The summed E-state index contributed by atoms with van der Waals surface area (Å²) >= 11 is 0. The Morgan fingerprint density at radius 1 is 1.07 bits per heavy atom. The van der Waals surface area contributed by atoms with Gasteiger partial charge in [0, 0.05) is 30.6 Å². The predicted molar refractivity (Wildman–Crippen MR) is 111 cm³/mol. The van der Waals surface area contributed by atoms with Crippen molar-refractivity contribution >= 4 is 5.91 Å². The van der Waals surface area contributed by atoms with Gasteiger partial charge in [-0.1, -0.05) is 43.7 Å². The molecule has 0 saturated carbocycles. The van der Waals surface area contributed by atoms with Crippen LogP contribution in [0.15, 0.2) is 48.5 Å². The summed E-state index contributed by atoms with van der Waals surface area (Å²) in [4.78, 5) is 14.9. The second-order valence-electron chi connectivity index (χ2n) is 7.19. The Kier molecular flexibility index (Phi) is 6.93. The average molecular weight is 383 g/mol. The Balaban J connectivity index is 1.74. The number of ether oxygens (including phenoxy) is 2. The molecule has 1 aliphatic rings. The van der Waals surface area contributed by atoms with Crippen molar-refractivity contribution in [2.45, 2.75) is 38.6 Å². The van der Waals surface area contributed by atoms with E-state index >= 15 is 0 Å². The standard InChI is InChI=1S/C23H30N2O3/c1-3-5-13-28-21-12-11-18(14-22(21)27-4-2)23(26)25-15-19(20(24)16-25)17-9-7-6-8-10-17/h6-12,14,19-20H,3-5,13,15-16,24H2,1-2H3. The fraction of sp³-hybridized carbons (Fsp3) is 0.435. The van der Waals surface area contributed by atoms with E-state index in [0.717, 1.165) is 12.8 Å². The van der Waals surface area contributed by atoms with E-state index in [9.17, 15) is 4.79 Å². The Morgan fingerprint density at radius 3 is 2.57 bits per heavy atom. The second kappa shape index (κ2) is 9.60. The van der Waals surface area contributed by atoms with Gasteiger partial charge < -0.3 is 20.1 Å². The van der Waals surface area contributed by atoms with E-state index in [2.05, 4.69) is 19.1 Å². The van der Waals surface area contributed by atoms with E-state index in [1.165, 1.54) is 5.56 Å². The van der Waals surface area contributed by atoms with Gasteiger partial charge in [0.15, 0.2) is 11.5 Å². The third kappa shape index (κ3) is 4.65. The van der Waals surface area contributed by atoms with Crippen molar-refractivity contribution < 1.29 is 14.3 Å². The number of benzene rings is 2. The molecule has 0 radical (unpaired) electrons. The molecule has 2 aromatic rings. The van der Waals surface area contributed by atoms with Gasteiger partial charge in [-0.25, -0.2) is 0 Å². The molecular weight excluding hydrogens is 352 g/mol. The number of hydrogen-bond acceptors (Lipinski definition) is 4. The molecule has 1 aliphatic heterocycles. The van der Waals surface area contributed by atoms with Crippen LogP contribution in [-0.4, -0.2) is 43.2 Å². The van der Waals surface area contributed by atoms with Crippen molar-refractivity contribution in [3.8, 4) is 11.5 Å². The monoisotopic (exact) mass is 382 g/mol. The highest BCUT2D eigenvalue weighted by Gasteiger charge is 2.34. The maximum Gasteiger partial charge on any atom is 0.254 e. The molecule has 3 rings (SSSR count). The Bertz CT molecular complexity index is 779. The molecule has 2 aromatic carbocycles. The minimum absolute atomic E-state index is 0.0186. The second-order valence-corrected chi connectivity index (χ2v) is 7.19. The number of carbonyl (C=O) groups is 1. The van der Waals surface area contributed by atoms with Crippen molar-refractivity contribution in [1.29, 1.82) is 0 Å². The summed E-state index contributed by atoms with van der Waals surface area (Å²) in [6, 6.07) is 15.5. The van der Waals surface area contributed by atoms with Crippen LogP contribution in [-0.2, 0) is 0 Å².